The smallest absolute Gasteiger partial charge is 0.311 e. The van der Waals surface area contributed by atoms with Crippen LogP contribution in [0.4, 0.5) is 0 Å². The second-order valence-corrected chi connectivity index (χ2v) is 14.2. The number of rotatable bonds is 13. The maximum atomic E-state index is 13.4. The fourth-order valence-corrected chi connectivity index (χ4v) is 8.85. The third-order valence-electron chi connectivity index (χ3n) is 11.8. The van der Waals surface area contributed by atoms with E-state index in [1.54, 1.807) is 32.0 Å². The number of hydrogen-bond donors (Lipinski definition) is 3. The minimum absolute atomic E-state index is 0.0167. The Balaban J connectivity index is 1.08. The summed E-state index contributed by atoms with van der Waals surface area (Å²) in [5, 5.41) is 32.9. The van der Waals surface area contributed by atoms with Crippen molar-refractivity contribution in [2.45, 2.75) is 76.3 Å². The maximum absolute atomic E-state index is 13.4. The van der Waals surface area contributed by atoms with E-state index in [0.29, 0.717) is 36.2 Å². The molecular formula is C39H48N4O6. The Kier molecular flexibility index (Phi) is 10.2. The monoisotopic (exact) mass is 668 g/mol. The molecule has 2 fully saturated rings. The summed E-state index contributed by atoms with van der Waals surface area (Å²) in [6.07, 6.45) is 3.68. The van der Waals surface area contributed by atoms with E-state index < -0.39 is 40.8 Å². The van der Waals surface area contributed by atoms with Crippen molar-refractivity contribution in [3.05, 3.63) is 95.6 Å². The molecule has 2 saturated heterocycles. The normalized spacial score (nSPS) is 27.2. The molecule has 5 unspecified atom stereocenters. The minimum Gasteiger partial charge on any atom is -0.481 e. The van der Waals surface area contributed by atoms with Gasteiger partial charge in [0, 0.05) is 43.2 Å². The highest BCUT2D eigenvalue weighted by molar-refractivity contribution is 5.87. The van der Waals surface area contributed by atoms with Crippen LogP contribution in [-0.2, 0) is 19.7 Å². The van der Waals surface area contributed by atoms with E-state index in [9.17, 15) is 19.8 Å². The second kappa shape index (κ2) is 14.4. The van der Waals surface area contributed by atoms with E-state index in [-0.39, 0.29) is 11.8 Å². The van der Waals surface area contributed by atoms with Gasteiger partial charge in [-0.2, -0.15) is 0 Å². The molecule has 4 aromatic rings. The fourth-order valence-electron chi connectivity index (χ4n) is 8.85. The van der Waals surface area contributed by atoms with E-state index in [0.717, 1.165) is 38.9 Å². The van der Waals surface area contributed by atoms with Crippen LogP contribution in [0, 0.1) is 10.8 Å². The molecule has 6 rings (SSSR count). The van der Waals surface area contributed by atoms with Crippen molar-refractivity contribution in [2.75, 3.05) is 32.8 Å². The molecule has 1 aromatic heterocycles. The molecule has 3 heterocycles. The van der Waals surface area contributed by atoms with Crippen LogP contribution >= 0.6 is 0 Å². The highest BCUT2D eigenvalue weighted by Gasteiger charge is 2.65. The highest BCUT2D eigenvalue weighted by Crippen LogP contribution is 2.58. The Bertz CT molecular complexity index is 1680. The summed E-state index contributed by atoms with van der Waals surface area (Å²) >= 11 is 0. The Morgan fingerprint density at radius 3 is 2.10 bits per heavy atom. The van der Waals surface area contributed by atoms with Crippen molar-refractivity contribution in [2.24, 2.45) is 10.8 Å². The minimum atomic E-state index is -1.45. The molecule has 0 spiro atoms. The summed E-state index contributed by atoms with van der Waals surface area (Å²) in [6.45, 7) is 9.18. The van der Waals surface area contributed by atoms with Crippen LogP contribution in [0.1, 0.15) is 75.5 Å². The van der Waals surface area contributed by atoms with Crippen LogP contribution in [0.5, 0.6) is 0 Å². The molecule has 0 saturated carbocycles. The molecule has 0 radical (unpaired) electrons. The Labute approximate surface area is 287 Å². The fraction of sp³-hybridized carbons (Fsp3) is 0.487. The van der Waals surface area contributed by atoms with Crippen LogP contribution in [0.15, 0.2) is 83.5 Å². The first kappa shape index (κ1) is 34.7. The number of ether oxygens (including phenoxy) is 1. The lowest BCUT2D eigenvalue weighted by Crippen LogP contribution is -2.68. The lowest BCUT2D eigenvalue weighted by atomic mass is 9.51. The summed E-state index contributed by atoms with van der Waals surface area (Å²) in [4.78, 5) is 28.9. The van der Waals surface area contributed by atoms with Crippen molar-refractivity contribution >= 4 is 23.0 Å². The summed E-state index contributed by atoms with van der Waals surface area (Å²) < 4.78 is 11.1. The number of aliphatic carboxylic acids is 2. The molecule has 3 N–H and O–H groups in total. The van der Waals surface area contributed by atoms with Crippen molar-refractivity contribution in [1.82, 2.24) is 20.5 Å². The van der Waals surface area contributed by atoms with Gasteiger partial charge in [-0.05, 0) is 99.0 Å². The topological polar surface area (TPSA) is 138 Å². The first-order chi connectivity index (χ1) is 23.6. The standard InChI is InChI=1S/C39H48N4O6/c1-27-37(3,35(44)45)34(31-17-10-18-32-33(31)42-49-41-32)39(36(46)47,28(2)40-27)19-11-25-48-26-12-22-43-23-20-38(21-24-43,29-13-6-4-7-14-29)30-15-8-5-9-16-30/h4-10,13-18,27-28,34,40H,11-12,19-26H2,1-3H3,(H,44,45)(H,46,47). The van der Waals surface area contributed by atoms with E-state index in [2.05, 4.69) is 81.2 Å². The Hall–Kier alpha value is -4.12. The SMILES string of the molecule is CC1NC(C)C(CCCOCCCN2CCC(c3ccccc3)(c3ccccc3)CC2)(C(=O)O)C(c2cccc3nonc23)C1(C)C(=O)O. The number of carboxylic acid groups (broad SMARTS) is 2. The van der Waals surface area contributed by atoms with E-state index in [1.165, 1.54) is 11.1 Å². The van der Waals surface area contributed by atoms with Gasteiger partial charge in [-0.3, -0.25) is 9.59 Å². The largest absolute Gasteiger partial charge is 0.481 e. The first-order valence-electron chi connectivity index (χ1n) is 17.5. The van der Waals surface area contributed by atoms with Crippen molar-refractivity contribution in [3.8, 4) is 0 Å². The number of hydrogen-bond acceptors (Lipinski definition) is 8. The number of nitrogens with zero attached hydrogens (tertiary/aromatic N) is 3. The quantitative estimate of drug-likeness (QED) is 0.143. The molecule has 2 aliphatic heterocycles. The maximum Gasteiger partial charge on any atom is 0.311 e. The first-order valence-corrected chi connectivity index (χ1v) is 17.5. The van der Waals surface area contributed by atoms with Crippen LogP contribution in [-0.4, -0.2) is 82.3 Å². The lowest BCUT2D eigenvalue weighted by Gasteiger charge is -2.56. The number of piperidine rings is 2. The molecule has 10 nitrogen and oxygen atoms in total. The lowest BCUT2D eigenvalue weighted by molar-refractivity contribution is -0.171. The van der Waals surface area contributed by atoms with Gasteiger partial charge in [0.1, 0.15) is 11.0 Å². The summed E-state index contributed by atoms with van der Waals surface area (Å²) in [5.74, 6) is -3.02. The van der Waals surface area contributed by atoms with Crippen molar-refractivity contribution < 1.29 is 29.2 Å². The van der Waals surface area contributed by atoms with Gasteiger partial charge in [0.2, 0.25) is 0 Å². The van der Waals surface area contributed by atoms with Gasteiger partial charge in [-0.15, -0.1) is 0 Å². The molecule has 10 heteroatoms. The highest BCUT2D eigenvalue weighted by atomic mass is 16.6. The third kappa shape index (κ3) is 6.26. The summed E-state index contributed by atoms with van der Waals surface area (Å²) in [6, 6.07) is 25.9. The molecule has 260 valence electrons. The van der Waals surface area contributed by atoms with E-state index in [1.807, 2.05) is 6.92 Å². The predicted molar refractivity (Wildman–Crippen MR) is 186 cm³/mol. The average molecular weight is 669 g/mol. The van der Waals surface area contributed by atoms with Gasteiger partial charge in [-0.1, -0.05) is 72.8 Å². The van der Waals surface area contributed by atoms with E-state index >= 15 is 0 Å². The molecule has 49 heavy (non-hydrogen) atoms. The average Bonchev–Trinajstić information content (AvgIpc) is 3.60. The number of carbonyl (C=O) groups is 2. The van der Waals surface area contributed by atoms with Crippen LogP contribution in [0.2, 0.25) is 0 Å². The number of fused-ring (bicyclic) bond motifs is 1. The summed E-state index contributed by atoms with van der Waals surface area (Å²) in [7, 11) is 0. The molecule has 0 amide bonds. The predicted octanol–water partition coefficient (Wildman–Crippen LogP) is 6.12. The summed E-state index contributed by atoms with van der Waals surface area (Å²) in [5.41, 5.74) is 1.25. The molecule has 2 aliphatic rings. The zero-order chi connectivity index (χ0) is 34.6. The number of nitrogens with one attached hydrogen (secondary N) is 1. The van der Waals surface area contributed by atoms with Gasteiger partial charge in [0.15, 0.2) is 0 Å². The van der Waals surface area contributed by atoms with Gasteiger partial charge in [0.05, 0.1) is 10.8 Å². The van der Waals surface area contributed by atoms with Gasteiger partial charge in [-0.25, -0.2) is 4.63 Å². The third-order valence-corrected chi connectivity index (χ3v) is 11.8. The number of aromatic nitrogens is 2. The number of carboxylic acids is 2. The van der Waals surface area contributed by atoms with Crippen LogP contribution < -0.4 is 5.32 Å². The zero-order valence-electron chi connectivity index (χ0n) is 28.7. The molecule has 0 aliphatic carbocycles. The zero-order valence-corrected chi connectivity index (χ0v) is 28.7. The van der Waals surface area contributed by atoms with Gasteiger partial charge >= 0.3 is 11.9 Å². The Morgan fingerprint density at radius 1 is 0.857 bits per heavy atom. The van der Waals surface area contributed by atoms with E-state index in [4.69, 9.17) is 9.37 Å². The molecular weight excluding hydrogens is 620 g/mol. The number of benzene rings is 3. The molecule has 5 atom stereocenters. The van der Waals surface area contributed by atoms with Crippen molar-refractivity contribution in [1.29, 1.82) is 0 Å². The molecule has 0 bridgehead atoms. The van der Waals surface area contributed by atoms with Crippen molar-refractivity contribution in [3.63, 3.8) is 0 Å². The Morgan fingerprint density at radius 2 is 1.49 bits per heavy atom. The second-order valence-electron chi connectivity index (χ2n) is 14.2. The number of likely N-dealkylation sites (tertiary alicyclic amines) is 1. The van der Waals surface area contributed by atoms with Crippen LogP contribution in [0.3, 0.4) is 0 Å². The molecule has 3 aromatic carbocycles. The van der Waals surface area contributed by atoms with Gasteiger partial charge in [0.25, 0.3) is 0 Å². The van der Waals surface area contributed by atoms with Gasteiger partial charge < -0.3 is 25.2 Å². The van der Waals surface area contributed by atoms with Crippen LogP contribution in [0.25, 0.3) is 11.0 Å².